The van der Waals surface area contributed by atoms with Gasteiger partial charge in [0.05, 0.1) is 12.7 Å². The molecule has 1 atom stereocenters. The summed E-state index contributed by atoms with van der Waals surface area (Å²) in [4.78, 5) is 3.78. The molecule has 1 saturated carbocycles. The molecular formula is C15H25NO2S. The molecule has 1 aliphatic rings. The fourth-order valence-corrected chi connectivity index (χ4v) is 2.90. The van der Waals surface area contributed by atoms with Crippen LogP contribution in [0, 0.1) is 0 Å². The summed E-state index contributed by atoms with van der Waals surface area (Å²) >= 11 is 1.79. The minimum absolute atomic E-state index is 0.364. The molecule has 0 aliphatic heterocycles. The Morgan fingerprint density at radius 3 is 3.00 bits per heavy atom. The van der Waals surface area contributed by atoms with Crippen LogP contribution in [0.1, 0.15) is 37.5 Å². The summed E-state index contributed by atoms with van der Waals surface area (Å²) in [5.41, 5.74) is 0. The summed E-state index contributed by atoms with van der Waals surface area (Å²) in [5, 5.41) is 12.2. The molecule has 0 aromatic carbocycles. The molecule has 0 amide bonds. The number of aliphatic hydroxyl groups is 1. The molecule has 1 heterocycles. The number of hydrogen-bond acceptors (Lipinski definition) is 4. The third-order valence-electron chi connectivity index (χ3n) is 3.40. The lowest BCUT2D eigenvalue weighted by Gasteiger charge is -2.24. The predicted octanol–water partition coefficient (Wildman–Crippen LogP) is 2.89. The van der Waals surface area contributed by atoms with E-state index >= 15 is 0 Å². The maximum Gasteiger partial charge on any atom is 0.0900 e. The van der Waals surface area contributed by atoms with Crippen LogP contribution in [-0.4, -0.2) is 41.9 Å². The van der Waals surface area contributed by atoms with Gasteiger partial charge in [-0.05, 0) is 30.7 Å². The van der Waals surface area contributed by atoms with Gasteiger partial charge in [-0.15, -0.1) is 11.3 Å². The first-order valence-corrected chi connectivity index (χ1v) is 8.19. The zero-order valence-electron chi connectivity index (χ0n) is 11.8. The Morgan fingerprint density at radius 1 is 1.53 bits per heavy atom. The second-order valence-electron chi connectivity index (χ2n) is 5.32. The van der Waals surface area contributed by atoms with Crippen molar-refractivity contribution in [3.63, 3.8) is 0 Å². The van der Waals surface area contributed by atoms with Crippen molar-refractivity contribution < 1.29 is 9.84 Å². The van der Waals surface area contributed by atoms with E-state index < -0.39 is 0 Å². The molecule has 3 nitrogen and oxygen atoms in total. The number of rotatable bonds is 10. The Hall–Kier alpha value is -0.420. The van der Waals surface area contributed by atoms with Crippen molar-refractivity contribution in [3.8, 4) is 0 Å². The van der Waals surface area contributed by atoms with Gasteiger partial charge in [0.1, 0.15) is 0 Å². The molecule has 1 aliphatic carbocycles. The smallest absolute Gasteiger partial charge is 0.0900 e. The quantitative estimate of drug-likeness (QED) is 0.670. The molecule has 108 valence electrons. The SMILES string of the molecule is CCCCOCC(O)CN(Cc1cccs1)C1CC1. The number of unbranched alkanes of at least 4 members (excludes halogenated alkanes) is 1. The van der Waals surface area contributed by atoms with Gasteiger partial charge in [0.25, 0.3) is 0 Å². The summed E-state index contributed by atoms with van der Waals surface area (Å²) < 4.78 is 5.50. The molecule has 1 aromatic heterocycles. The molecule has 1 N–H and O–H groups in total. The standard InChI is InChI=1S/C15H25NO2S/c1-2-3-8-18-12-14(17)10-16(13-6-7-13)11-15-5-4-9-19-15/h4-5,9,13-14,17H,2-3,6-8,10-12H2,1H3. The van der Waals surface area contributed by atoms with Crippen LogP contribution in [0.3, 0.4) is 0 Å². The van der Waals surface area contributed by atoms with Crippen LogP contribution in [0.15, 0.2) is 17.5 Å². The molecule has 2 rings (SSSR count). The summed E-state index contributed by atoms with van der Waals surface area (Å²) in [6.45, 7) is 5.08. The van der Waals surface area contributed by atoms with E-state index in [1.165, 1.54) is 17.7 Å². The van der Waals surface area contributed by atoms with E-state index in [0.29, 0.717) is 12.6 Å². The third-order valence-corrected chi connectivity index (χ3v) is 4.26. The highest BCUT2D eigenvalue weighted by Crippen LogP contribution is 2.29. The van der Waals surface area contributed by atoms with Crippen LogP contribution in [0.5, 0.6) is 0 Å². The summed E-state index contributed by atoms with van der Waals surface area (Å²) in [6.07, 6.45) is 4.40. The molecule has 0 radical (unpaired) electrons. The predicted molar refractivity (Wildman–Crippen MR) is 79.5 cm³/mol. The van der Waals surface area contributed by atoms with E-state index in [4.69, 9.17) is 4.74 Å². The molecule has 0 bridgehead atoms. The molecule has 1 aromatic rings. The highest BCUT2D eigenvalue weighted by Gasteiger charge is 2.30. The monoisotopic (exact) mass is 283 g/mol. The number of nitrogens with zero attached hydrogens (tertiary/aromatic N) is 1. The Balaban J connectivity index is 1.70. The van der Waals surface area contributed by atoms with Crippen molar-refractivity contribution >= 4 is 11.3 Å². The van der Waals surface area contributed by atoms with E-state index in [1.807, 2.05) is 0 Å². The summed E-state index contributed by atoms with van der Waals surface area (Å²) in [5.74, 6) is 0. The average molecular weight is 283 g/mol. The number of thiophene rings is 1. The van der Waals surface area contributed by atoms with Gasteiger partial charge in [-0.25, -0.2) is 0 Å². The zero-order chi connectivity index (χ0) is 13.5. The van der Waals surface area contributed by atoms with Crippen LogP contribution in [0.25, 0.3) is 0 Å². The highest BCUT2D eigenvalue weighted by molar-refractivity contribution is 7.09. The molecule has 0 saturated heterocycles. The second-order valence-corrected chi connectivity index (χ2v) is 6.35. The van der Waals surface area contributed by atoms with E-state index in [2.05, 4.69) is 29.3 Å². The summed E-state index contributed by atoms with van der Waals surface area (Å²) in [7, 11) is 0. The van der Waals surface area contributed by atoms with Crippen molar-refractivity contribution in [2.24, 2.45) is 0 Å². The van der Waals surface area contributed by atoms with Crippen LogP contribution in [0.4, 0.5) is 0 Å². The Labute approximate surface area is 120 Å². The van der Waals surface area contributed by atoms with Gasteiger partial charge >= 0.3 is 0 Å². The lowest BCUT2D eigenvalue weighted by atomic mass is 10.3. The normalized spacial score (nSPS) is 17.0. The van der Waals surface area contributed by atoms with Crippen LogP contribution >= 0.6 is 11.3 Å². The van der Waals surface area contributed by atoms with Gasteiger partial charge in [0, 0.05) is 30.6 Å². The maximum atomic E-state index is 10.1. The number of aliphatic hydroxyl groups excluding tert-OH is 1. The highest BCUT2D eigenvalue weighted by atomic mass is 32.1. The first-order chi connectivity index (χ1) is 9.29. The molecule has 1 fully saturated rings. The minimum atomic E-state index is -0.364. The Kier molecular flexibility index (Phi) is 6.31. The average Bonchev–Trinajstić information content (AvgIpc) is 3.13. The van der Waals surface area contributed by atoms with Crippen molar-refractivity contribution in [1.82, 2.24) is 4.90 Å². The number of hydrogen-bond donors (Lipinski definition) is 1. The number of ether oxygens (including phenoxy) is 1. The van der Waals surface area contributed by atoms with Crippen LogP contribution in [-0.2, 0) is 11.3 Å². The lowest BCUT2D eigenvalue weighted by Crippen LogP contribution is -2.36. The van der Waals surface area contributed by atoms with E-state index in [-0.39, 0.29) is 6.10 Å². The van der Waals surface area contributed by atoms with Crippen molar-refractivity contribution in [3.05, 3.63) is 22.4 Å². The van der Waals surface area contributed by atoms with Gasteiger partial charge in [0.2, 0.25) is 0 Å². The molecular weight excluding hydrogens is 258 g/mol. The van der Waals surface area contributed by atoms with E-state index in [1.54, 1.807) is 11.3 Å². The first kappa shape index (κ1) is 15.0. The molecule has 19 heavy (non-hydrogen) atoms. The van der Waals surface area contributed by atoms with Gasteiger partial charge in [-0.1, -0.05) is 19.4 Å². The topological polar surface area (TPSA) is 32.7 Å². The third kappa shape index (κ3) is 5.61. The van der Waals surface area contributed by atoms with Crippen LogP contribution < -0.4 is 0 Å². The lowest BCUT2D eigenvalue weighted by molar-refractivity contribution is 0.0130. The van der Waals surface area contributed by atoms with Crippen molar-refractivity contribution in [2.45, 2.75) is 51.3 Å². The Morgan fingerprint density at radius 2 is 2.37 bits per heavy atom. The van der Waals surface area contributed by atoms with Gasteiger partial charge in [-0.2, -0.15) is 0 Å². The fourth-order valence-electron chi connectivity index (χ4n) is 2.17. The Bertz CT molecular complexity index is 338. The first-order valence-electron chi connectivity index (χ1n) is 7.32. The minimum Gasteiger partial charge on any atom is -0.389 e. The fraction of sp³-hybridized carbons (Fsp3) is 0.733. The zero-order valence-corrected chi connectivity index (χ0v) is 12.6. The van der Waals surface area contributed by atoms with Crippen molar-refractivity contribution in [1.29, 1.82) is 0 Å². The van der Waals surface area contributed by atoms with E-state index in [9.17, 15) is 5.11 Å². The van der Waals surface area contributed by atoms with E-state index in [0.717, 1.165) is 32.5 Å². The molecule has 4 heteroatoms. The second kappa shape index (κ2) is 8.00. The van der Waals surface area contributed by atoms with Crippen molar-refractivity contribution in [2.75, 3.05) is 19.8 Å². The maximum absolute atomic E-state index is 10.1. The van der Waals surface area contributed by atoms with Gasteiger partial charge in [-0.3, -0.25) is 4.90 Å². The van der Waals surface area contributed by atoms with Gasteiger partial charge in [0.15, 0.2) is 0 Å². The molecule has 0 spiro atoms. The largest absolute Gasteiger partial charge is 0.389 e. The summed E-state index contributed by atoms with van der Waals surface area (Å²) in [6, 6.07) is 4.94. The van der Waals surface area contributed by atoms with Crippen LogP contribution in [0.2, 0.25) is 0 Å². The molecule has 1 unspecified atom stereocenters. The van der Waals surface area contributed by atoms with Gasteiger partial charge < -0.3 is 9.84 Å².